The molecule has 6 heteroatoms. The molecular formula is C12H22N2O4. The molecule has 0 aromatic carbocycles. The summed E-state index contributed by atoms with van der Waals surface area (Å²) in [6.45, 7) is 5.21. The van der Waals surface area contributed by atoms with Crippen LogP contribution in [0.3, 0.4) is 0 Å². The number of amides is 1. The van der Waals surface area contributed by atoms with Crippen molar-refractivity contribution in [3.05, 3.63) is 0 Å². The molecule has 0 saturated carbocycles. The van der Waals surface area contributed by atoms with Crippen molar-refractivity contribution in [3.63, 3.8) is 0 Å². The van der Waals surface area contributed by atoms with Gasteiger partial charge in [0.25, 0.3) is 0 Å². The average molecular weight is 258 g/mol. The fourth-order valence-corrected chi connectivity index (χ4v) is 2.21. The van der Waals surface area contributed by atoms with E-state index in [4.69, 9.17) is 0 Å². The minimum Gasteiger partial charge on any atom is -0.467 e. The molecular weight excluding hydrogens is 236 g/mol. The molecule has 1 aliphatic rings. The Morgan fingerprint density at radius 1 is 1.56 bits per heavy atom. The van der Waals surface area contributed by atoms with Gasteiger partial charge in [0.15, 0.2) is 0 Å². The maximum absolute atomic E-state index is 11.6. The van der Waals surface area contributed by atoms with E-state index in [1.165, 1.54) is 14.0 Å². The number of nitrogens with zero attached hydrogens (tertiary/aromatic N) is 1. The van der Waals surface area contributed by atoms with Gasteiger partial charge in [0, 0.05) is 26.6 Å². The van der Waals surface area contributed by atoms with E-state index in [1.807, 2.05) is 6.92 Å². The number of likely N-dealkylation sites (tertiary alicyclic amines) is 1. The lowest BCUT2D eigenvalue weighted by Gasteiger charge is -2.35. The van der Waals surface area contributed by atoms with Crippen molar-refractivity contribution < 1.29 is 19.4 Å². The molecule has 0 bridgehead atoms. The fourth-order valence-electron chi connectivity index (χ4n) is 2.21. The number of carbonyl (C=O) groups excluding carboxylic acids is 2. The smallest absolute Gasteiger partial charge is 0.329 e. The van der Waals surface area contributed by atoms with Crippen molar-refractivity contribution in [1.82, 2.24) is 10.2 Å². The SMILES string of the molecule is COC(=O)C(CN1CCC(O)C(C)C1)NC(C)=O. The van der Waals surface area contributed by atoms with Crippen LogP contribution >= 0.6 is 0 Å². The molecule has 1 saturated heterocycles. The molecule has 0 radical (unpaired) electrons. The van der Waals surface area contributed by atoms with Crippen LogP contribution in [0.15, 0.2) is 0 Å². The van der Waals surface area contributed by atoms with Crippen LogP contribution in [-0.2, 0) is 14.3 Å². The number of carbonyl (C=O) groups is 2. The normalized spacial score (nSPS) is 26.4. The summed E-state index contributed by atoms with van der Waals surface area (Å²) in [5.74, 6) is -0.520. The maximum atomic E-state index is 11.6. The second-order valence-electron chi connectivity index (χ2n) is 4.87. The van der Waals surface area contributed by atoms with Crippen LogP contribution in [0.1, 0.15) is 20.3 Å². The zero-order valence-corrected chi connectivity index (χ0v) is 11.2. The molecule has 1 heterocycles. The van der Waals surface area contributed by atoms with E-state index in [0.717, 1.165) is 6.54 Å². The Morgan fingerprint density at radius 3 is 2.72 bits per heavy atom. The van der Waals surface area contributed by atoms with Gasteiger partial charge in [-0.2, -0.15) is 0 Å². The van der Waals surface area contributed by atoms with E-state index in [0.29, 0.717) is 19.5 Å². The summed E-state index contributed by atoms with van der Waals surface area (Å²) >= 11 is 0. The Labute approximate surface area is 107 Å². The molecule has 104 valence electrons. The lowest BCUT2D eigenvalue weighted by Crippen LogP contribution is -2.52. The molecule has 3 unspecified atom stereocenters. The number of rotatable bonds is 4. The van der Waals surface area contributed by atoms with Crippen LogP contribution in [-0.4, -0.2) is 60.8 Å². The summed E-state index contributed by atoms with van der Waals surface area (Å²) in [6, 6.07) is -0.644. The number of aliphatic hydroxyl groups is 1. The van der Waals surface area contributed by atoms with Crippen molar-refractivity contribution >= 4 is 11.9 Å². The van der Waals surface area contributed by atoms with E-state index in [1.54, 1.807) is 0 Å². The number of nitrogens with one attached hydrogen (secondary N) is 1. The molecule has 6 nitrogen and oxygen atoms in total. The first-order valence-electron chi connectivity index (χ1n) is 6.19. The number of esters is 1. The molecule has 0 aromatic heterocycles. The Bertz CT molecular complexity index is 308. The molecule has 1 fully saturated rings. The van der Waals surface area contributed by atoms with Crippen LogP contribution in [0.4, 0.5) is 0 Å². The largest absolute Gasteiger partial charge is 0.467 e. The summed E-state index contributed by atoms with van der Waals surface area (Å²) < 4.78 is 4.67. The average Bonchev–Trinajstić information content (AvgIpc) is 2.31. The van der Waals surface area contributed by atoms with Crippen molar-refractivity contribution in [3.8, 4) is 0 Å². The van der Waals surface area contributed by atoms with Gasteiger partial charge in [0.2, 0.25) is 5.91 Å². The quantitative estimate of drug-likeness (QED) is 0.656. The Morgan fingerprint density at radius 2 is 2.22 bits per heavy atom. The van der Waals surface area contributed by atoms with Gasteiger partial charge in [0.1, 0.15) is 6.04 Å². The molecule has 1 aliphatic heterocycles. The summed E-state index contributed by atoms with van der Waals surface area (Å²) in [5, 5.41) is 12.2. The van der Waals surface area contributed by atoms with Crippen molar-refractivity contribution in [2.45, 2.75) is 32.4 Å². The summed E-state index contributed by atoms with van der Waals surface area (Å²) in [4.78, 5) is 24.7. The number of hydrogen-bond donors (Lipinski definition) is 2. The number of ether oxygens (including phenoxy) is 1. The third kappa shape index (κ3) is 4.27. The third-order valence-electron chi connectivity index (χ3n) is 3.25. The Kier molecular flexibility index (Phi) is 5.55. The number of aliphatic hydroxyl groups excluding tert-OH is 1. The molecule has 18 heavy (non-hydrogen) atoms. The minimum absolute atomic E-state index is 0.175. The third-order valence-corrected chi connectivity index (χ3v) is 3.25. The van der Waals surface area contributed by atoms with E-state index in [9.17, 15) is 14.7 Å². The molecule has 1 rings (SSSR count). The summed E-state index contributed by atoms with van der Waals surface area (Å²) in [7, 11) is 1.31. The highest BCUT2D eigenvalue weighted by molar-refractivity contribution is 5.83. The van der Waals surface area contributed by atoms with Crippen molar-refractivity contribution in [2.24, 2.45) is 5.92 Å². The van der Waals surface area contributed by atoms with E-state index in [2.05, 4.69) is 15.0 Å². The second kappa shape index (κ2) is 6.70. The van der Waals surface area contributed by atoms with E-state index in [-0.39, 0.29) is 17.9 Å². The van der Waals surface area contributed by atoms with Crippen molar-refractivity contribution in [2.75, 3.05) is 26.7 Å². The predicted molar refractivity (Wildman–Crippen MR) is 65.8 cm³/mol. The summed E-state index contributed by atoms with van der Waals surface area (Å²) in [6.07, 6.45) is 0.411. The Balaban J connectivity index is 2.55. The second-order valence-corrected chi connectivity index (χ2v) is 4.87. The Hall–Kier alpha value is -1.14. The van der Waals surface area contributed by atoms with Gasteiger partial charge in [-0.15, -0.1) is 0 Å². The van der Waals surface area contributed by atoms with Gasteiger partial charge in [-0.3, -0.25) is 4.79 Å². The number of hydrogen-bond acceptors (Lipinski definition) is 5. The van der Waals surface area contributed by atoms with Crippen molar-refractivity contribution in [1.29, 1.82) is 0 Å². The van der Waals surface area contributed by atoms with Gasteiger partial charge < -0.3 is 20.1 Å². The van der Waals surface area contributed by atoms with E-state index < -0.39 is 12.0 Å². The fraction of sp³-hybridized carbons (Fsp3) is 0.833. The highest BCUT2D eigenvalue weighted by Crippen LogP contribution is 2.16. The molecule has 0 spiro atoms. The van der Waals surface area contributed by atoms with Crippen LogP contribution in [0, 0.1) is 5.92 Å². The van der Waals surface area contributed by atoms with Crippen LogP contribution in [0.2, 0.25) is 0 Å². The van der Waals surface area contributed by atoms with Gasteiger partial charge in [-0.25, -0.2) is 4.79 Å². The first-order valence-corrected chi connectivity index (χ1v) is 6.19. The number of piperidine rings is 1. The van der Waals surface area contributed by atoms with Gasteiger partial charge in [-0.05, 0) is 12.3 Å². The lowest BCUT2D eigenvalue weighted by atomic mass is 9.96. The topological polar surface area (TPSA) is 78.9 Å². The van der Waals surface area contributed by atoms with Gasteiger partial charge in [-0.1, -0.05) is 6.92 Å². The lowest BCUT2D eigenvalue weighted by molar-refractivity contribution is -0.145. The standard InChI is InChI=1S/C12H22N2O4/c1-8-6-14(5-4-11(8)16)7-10(12(17)18-3)13-9(2)15/h8,10-11,16H,4-7H2,1-3H3,(H,13,15). The molecule has 2 N–H and O–H groups in total. The molecule has 1 amide bonds. The first kappa shape index (κ1) is 14.9. The monoisotopic (exact) mass is 258 g/mol. The summed E-state index contributed by atoms with van der Waals surface area (Å²) in [5.41, 5.74) is 0. The zero-order chi connectivity index (χ0) is 13.7. The molecule has 0 aromatic rings. The minimum atomic E-state index is -0.644. The van der Waals surface area contributed by atoms with E-state index >= 15 is 0 Å². The highest BCUT2D eigenvalue weighted by atomic mass is 16.5. The maximum Gasteiger partial charge on any atom is 0.329 e. The molecule has 3 atom stereocenters. The zero-order valence-electron chi connectivity index (χ0n) is 11.2. The first-order chi connectivity index (χ1) is 8.43. The molecule has 0 aliphatic carbocycles. The van der Waals surface area contributed by atoms with Crippen LogP contribution in [0.25, 0.3) is 0 Å². The highest BCUT2D eigenvalue weighted by Gasteiger charge is 2.28. The predicted octanol–water partition coefficient (Wildman–Crippen LogP) is -0.633. The van der Waals surface area contributed by atoms with Crippen LogP contribution < -0.4 is 5.32 Å². The van der Waals surface area contributed by atoms with Gasteiger partial charge in [0.05, 0.1) is 13.2 Å². The van der Waals surface area contributed by atoms with Crippen LogP contribution in [0.5, 0.6) is 0 Å². The number of methoxy groups -OCH3 is 1. The van der Waals surface area contributed by atoms with Gasteiger partial charge >= 0.3 is 5.97 Å².